The molecular weight excluding hydrogens is 449 g/mol. The fourth-order valence-electron chi connectivity index (χ4n) is 3.68. The van der Waals surface area contributed by atoms with Crippen LogP contribution in [0.2, 0.25) is 10.0 Å². The summed E-state index contributed by atoms with van der Waals surface area (Å²) in [5, 5.41) is 13.8. The number of halogens is 2. The van der Waals surface area contributed by atoms with Gasteiger partial charge >= 0.3 is 0 Å². The Morgan fingerprint density at radius 2 is 1.78 bits per heavy atom. The van der Waals surface area contributed by atoms with E-state index in [2.05, 4.69) is 12.2 Å². The summed E-state index contributed by atoms with van der Waals surface area (Å²) in [5.74, 6) is 0.0819. The molecule has 0 unspecified atom stereocenters. The molecule has 0 radical (unpaired) electrons. The summed E-state index contributed by atoms with van der Waals surface area (Å²) in [5.41, 5.74) is 2.71. The van der Waals surface area contributed by atoms with Crippen LogP contribution in [0.4, 0.5) is 0 Å². The van der Waals surface area contributed by atoms with E-state index in [9.17, 15) is 14.7 Å². The number of hydrogen-bond acceptors (Lipinski definition) is 4. The molecule has 1 heterocycles. The van der Waals surface area contributed by atoms with Gasteiger partial charge in [-0.25, -0.2) is 0 Å². The molecular formula is C25H21Cl2NO4. The highest BCUT2D eigenvalue weighted by molar-refractivity contribution is 6.33. The first-order valence-electron chi connectivity index (χ1n) is 10.4. The van der Waals surface area contributed by atoms with E-state index in [1.807, 2.05) is 12.1 Å². The maximum absolute atomic E-state index is 12.4. The first-order valence-corrected chi connectivity index (χ1v) is 11.1. The zero-order valence-electron chi connectivity index (χ0n) is 17.4. The van der Waals surface area contributed by atoms with Gasteiger partial charge in [-0.1, -0.05) is 55.1 Å². The molecule has 0 spiro atoms. The minimum Gasteiger partial charge on any atom is -0.506 e. The van der Waals surface area contributed by atoms with Crippen LogP contribution in [0, 0.1) is 0 Å². The Labute approximate surface area is 194 Å². The molecule has 2 aromatic rings. The number of hydrogen-bond donors (Lipinski definition) is 2. The molecule has 2 aromatic carbocycles. The predicted octanol–water partition coefficient (Wildman–Crippen LogP) is 6.50. The van der Waals surface area contributed by atoms with Crippen molar-refractivity contribution in [1.82, 2.24) is 5.32 Å². The van der Waals surface area contributed by atoms with Gasteiger partial charge < -0.3 is 14.8 Å². The molecule has 0 atom stereocenters. The van der Waals surface area contributed by atoms with Crippen molar-refractivity contribution in [1.29, 1.82) is 0 Å². The summed E-state index contributed by atoms with van der Waals surface area (Å²) in [6.45, 7) is 2.76. The zero-order chi connectivity index (χ0) is 22.8. The molecule has 164 valence electrons. The average molecular weight is 470 g/mol. The summed E-state index contributed by atoms with van der Waals surface area (Å²) < 4.78 is 5.86. The molecule has 7 heteroatoms. The molecule has 1 aliphatic carbocycles. The van der Waals surface area contributed by atoms with Crippen LogP contribution in [0.3, 0.4) is 0 Å². The highest BCUT2D eigenvalue weighted by Gasteiger charge is 2.20. The van der Waals surface area contributed by atoms with E-state index in [-0.39, 0.29) is 27.1 Å². The van der Waals surface area contributed by atoms with Crippen LogP contribution >= 0.6 is 23.2 Å². The smallest absolute Gasteiger partial charge is 0.251 e. The molecule has 2 N–H and O–H groups in total. The van der Waals surface area contributed by atoms with E-state index in [1.54, 1.807) is 24.3 Å². The lowest BCUT2D eigenvalue weighted by atomic mass is 9.93. The highest BCUT2D eigenvalue weighted by atomic mass is 35.5. The van der Waals surface area contributed by atoms with Crippen molar-refractivity contribution in [3.8, 4) is 28.2 Å². The van der Waals surface area contributed by atoms with Gasteiger partial charge in [-0.3, -0.25) is 9.59 Å². The van der Waals surface area contributed by atoms with E-state index >= 15 is 0 Å². The van der Waals surface area contributed by atoms with Gasteiger partial charge in [0.05, 0.1) is 10.0 Å². The van der Waals surface area contributed by atoms with Crippen LogP contribution in [0.1, 0.15) is 36.5 Å². The molecule has 0 saturated heterocycles. The average Bonchev–Trinajstić information content (AvgIpc) is 2.77. The van der Waals surface area contributed by atoms with Crippen molar-refractivity contribution < 1.29 is 14.3 Å². The van der Waals surface area contributed by atoms with E-state index in [0.717, 1.165) is 30.4 Å². The van der Waals surface area contributed by atoms with Gasteiger partial charge in [0.2, 0.25) is 5.43 Å². The summed E-state index contributed by atoms with van der Waals surface area (Å²) in [4.78, 5) is 24.5. The van der Waals surface area contributed by atoms with Crippen molar-refractivity contribution in [2.24, 2.45) is 0 Å². The van der Waals surface area contributed by atoms with Crippen LogP contribution in [0.5, 0.6) is 5.75 Å². The highest BCUT2D eigenvalue weighted by Crippen LogP contribution is 2.43. The normalized spacial score (nSPS) is 11.2. The Morgan fingerprint density at radius 1 is 1.03 bits per heavy atom. The maximum Gasteiger partial charge on any atom is 0.251 e. The summed E-state index contributed by atoms with van der Waals surface area (Å²) in [6.07, 6.45) is 3.11. The fraction of sp³-hybridized carbons (Fsp3) is 0.200. The van der Waals surface area contributed by atoms with Crippen molar-refractivity contribution >= 4 is 40.1 Å². The van der Waals surface area contributed by atoms with Gasteiger partial charge in [-0.15, -0.1) is 0 Å². The van der Waals surface area contributed by atoms with Gasteiger partial charge in [0.15, 0.2) is 0 Å². The quantitative estimate of drug-likeness (QED) is 0.249. The zero-order valence-corrected chi connectivity index (χ0v) is 18.9. The van der Waals surface area contributed by atoms with Crippen molar-refractivity contribution in [2.75, 3.05) is 6.54 Å². The fourth-order valence-corrected chi connectivity index (χ4v) is 4.01. The number of rotatable bonds is 6. The molecule has 1 aliphatic heterocycles. The lowest BCUT2D eigenvalue weighted by Crippen LogP contribution is -2.24. The molecule has 0 fully saturated rings. The predicted molar refractivity (Wildman–Crippen MR) is 128 cm³/mol. The number of amides is 1. The van der Waals surface area contributed by atoms with Crippen LogP contribution in [0.15, 0.2) is 57.7 Å². The van der Waals surface area contributed by atoms with Crippen molar-refractivity contribution in [3.05, 3.63) is 74.4 Å². The molecule has 4 rings (SSSR count). The van der Waals surface area contributed by atoms with Gasteiger partial charge in [-0.05, 0) is 36.2 Å². The molecule has 32 heavy (non-hydrogen) atoms. The van der Waals surface area contributed by atoms with Gasteiger partial charge in [0.1, 0.15) is 17.1 Å². The number of phenolic OH excluding ortho intramolecular Hbond substituents is 1. The topological polar surface area (TPSA) is 79.5 Å². The minimum atomic E-state index is -0.360. The van der Waals surface area contributed by atoms with Crippen LogP contribution in [0.25, 0.3) is 33.4 Å². The third-order valence-electron chi connectivity index (χ3n) is 5.34. The van der Waals surface area contributed by atoms with E-state index in [4.69, 9.17) is 27.6 Å². The second kappa shape index (κ2) is 9.23. The Kier molecular flexibility index (Phi) is 6.40. The van der Waals surface area contributed by atoms with Gasteiger partial charge in [-0.2, -0.15) is 0 Å². The first-order chi connectivity index (χ1) is 15.4. The van der Waals surface area contributed by atoms with Crippen LogP contribution in [-0.2, 0) is 0 Å². The lowest BCUT2D eigenvalue weighted by molar-refractivity contribution is 0.0953. The van der Waals surface area contributed by atoms with Crippen LogP contribution in [-0.4, -0.2) is 17.6 Å². The second-order valence-corrected chi connectivity index (χ2v) is 8.41. The number of phenols is 1. The molecule has 0 bridgehead atoms. The summed E-state index contributed by atoms with van der Waals surface area (Å²) in [6, 6.07) is 13.1. The molecule has 2 aliphatic rings. The standard InChI is InChI=1S/C25H21Cl2NO4/c1-2-3-4-9-28-25(31)15-7-5-14(6-8-15)24-16-10-18(26)20(29)12-22(16)32-23-13-21(30)19(27)11-17(23)24/h5-8,10-13,29H,2-4,9H2,1H3,(H,28,31). The lowest BCUT2D eigenvalue weighted by Gasteiger charge is -2.16. The molecule has 0 aromatic heterocycles. The van der Waals surface area contributed by atoms with E-state index in [0.29, 0.717) is 34.4 Å². The van der Waals surface area contributed by atoms with Gasteiger partial charge in [0, 0.05) is 40.8 Å². The monoisotopic (exact) mass is 469 g/mol. The van der Waals surface area contributed by atoms with Gasteiger partial charge in [0.25, 0.3) is 5.91 Å². The molecule has 0 saturated carbocycles. The Morgan fingerprint density at radius 3 is 2.50 bits per heavy atom. The Hall–Kier alpha value is -3.02. The van der Waals surface area contributed by atoms with Crippen molar-refractivity contribution in [2.45, 2.75) is 26.2 Å². The number of carbonyl (C=O) groups is 1. The number of carbonyl (C=O) groups excluding carboxylic acids is 1. The van der Waals surface area contributed by atoms with E-state index < -0.39 is 0 Å². The maximum atomic E-state index is 12.4. The van der Waals surface area contributed by atoms with Crippen molar-refractivity contribution in [3.63, 3.8) is 0 Å². The second-order valence-electron chi connectivity index (χ2n) is 7.60. The Bertz CT molecular complexity index is 1330. The van der Waals surface area contributed by atoms with Crippen LogP contribution < -0.4 is 10.7 Å². The number of benzene rings is 3. The molecule has 5 nitrogen and oxygen atoms in total. The molecule has 1 amide bonds. The third kappa shape index (κ3) is 4.31. The van der Waals surface area contributed by atoms with E-state index in [1.165, 1.54) is 12.1 Å². The number of nitrogens with one attached hydrogen (secondary N) is 1. The number of aromatic hydroxyl groups is 1. The number of fused-ring (bicyclic) bond motifs is 2. The summed E-state index contributed by atoms with van der Waals surface area (Å²) >= 11 is 12.3. The largest absolute Gasteiger partial charge is 0.506 e. The SMILES string of the molecule is CCCCCNC(=O)c1ccc(-c2c3cc(Cl)c(=O)cc-3oc3cc(O)c(Cl)cc23)cc1. The Balaban J connectivity index is 1.82. The number of unbranched alkanes of at least 4 members (excludes halogenated alkanes) is 2. The first kappa shape index (κ1) is 22.2. The minimum absolute atomic E-state index is 0.0706. The summed E-state index contributed by atoms with van der Waals surface area (Å²) in [7, 11) is 0. The third-order valence-corrected chi connectivity index (χ3v) is 5.94.